The van der Waals surface area contributed by atoms with Gasteiger partial charge in [0, 0.05) is 0 Å². The van der Waals surface area contributed by atoms with E-state index in [0.29, 0.717) is 6.42 Å². The quantitative estimate of drug-likeness (QED) is 0.348. The standard InChI is InChI=1S/C18H36O2/c1-3-5-7-8-9-10-11-12-14-16-18(20)17(19)15-13-6-4-2/h12,14,17-20H,3-11,13,15-16H2,1-2H3/b14-12+. The fourth-order valence-electron chi connectivity index (χ4n) is 2.35. The molecule has 20 heavy (non-hydrogen) atoms. The molecule has 0 saturated carbocycles. The van der Waals surface area contributed by atoms with E-state index in [1.165, 1.54) is 38.5 Å². The summed E-state index contributed by atoms with van der Waals surface area (Å²) >= 11 is 0. The van der Waals surface area contributed by atoms with Crippen LogP contribution in [0.15, 0.2) is 12.2 Å². The first-order chi connectivity index (χ1) is 9.72. The molecule has 2 atom stereocenters. The van der Waals surface area contributed by atoms with E-state index in [2.05, 4.69) is 19.9 Å². The average Bonchev–Trinajstić information content (AvgIpc) is 2.45. The third kappa shape index (κ3) is 12.7. The average molecular weight is 284 g/mol. The van der Waals surface area contributed by atoms with E-state index in [1.807, 2.05) is 6.08 Å². The molecule has 120 valence electrons. The Morgan fingerprint density at radius 1 is 0.700 bits per heavy atom. The van der Waals surface area contributed by atoms with E-state index in [1.54, 1.807) is 0 Å². The van der Waals surface area contributed by atoms with Gasteiger partial charge in [-0.3, -0.25) is 0 Å². The molecule has 0 radical (unpaired) electrons. The topological polar surface area (TPSA) is 40.5 Å². The molecule has 0 rings (SSSR count). The zero-order valence-electron chi connectivity index (χ0n) is 13.7. The van der Waals surface area contributed by atoms with Gasteiger partial charge in [0.05, 0.1) is 12.2 Å². The van der Waals surface area contributed by atoms with Crippen LogP contribution in [-0.2, 0) is 0 Å². The van der Waals surface area contributed by atoms with Gasteiger partial charge in [-0.2, -0.15) is 0 Å². The highest BCUT2D eigenvalue weighted by molar-refractivity contribution is 4.86. The second-order valence-electron chi connectivity index (χ2n) is 5.89. The minimum Gasteiger partial charge on any atom is -0.390 e. The molecule has 0 fully saturated rings. The predicted octanol–water partition coefficient (Wildman–Crippen LogP) is 4.99. The molecule has 0 aromatic heterocycles. The lowest BCUT2D eigenvalue weighted by Gasteiger charge is -2.15. The van der Waals surface area contributed by atoms with Crippen molar-refractivity contribution in [2.75, 3.05) is 0 Å². The van der Waals surface area contributed by atoms with Crippen molar-refractivity contribution in [2.45, 2.75) is 103 Å². The fourth-order valence-corrected chi connectivity index (χ4v) is 2.35. The lowest BCUT2D eigenvalue weighted by molar-refractivity contribution is 0.0153. The summed E-state index contributed by atoms with van der Waals surface area (Å²) in [7, 11) is 0. The molecule has 2 N–H and O–H groups in total. The van der Waals surface area contributed by atoms with Crippen LogP contribution in [-0.4, -0.2) is 22.4 Å². The molecule has 0 aromatic rings. The number of unbranched alkanes of at least 4 members (excludes halogenated alkanes) is 8. The van der Waals surface area contributed by atoms with Gasteiger partial charge in [-0.1, -0.05) is 77.4 Å². The van der Waals surface area contributed by atoms with Gasteiger partial charge in [-0.25, -0.2) is 0 Å². The summed E-state index contributed by atoms with van der Waals surface area (Å²) in [6, 6.07) is 0. The van der Waals surface area contributed by atoms with Crippen LogP contribution in [0.1, 0.15) is 90.9 Å². The number of aliphatic hydroxyl groups excluding tert-OH is 2. The molecular formula is C18H36O2. The van der Waals surface area contributed by atoms with Gasteiger partial charge in [-0.05, 0) is 25.7 Å². The van der Waals surface area contributed by atoms with Crippen molar-refractivity contribution in [3.63, 3.8) is 0 Å². The molecule has 0 aliphatic carbocycles. The third-order valence-electron chi connectivity index (χ3n) is 3.82. The molecule has 2 heteroatoms. The molecule has 2 nitrogen and oxygen atoms in total. The molecule has 0 aromatic carbocycles. The van der Waals surface area contributed by atoms with Crippen molar-refractivity contribution >= 4 is 0 Å². The van der Waals surface area contributed by atoms with Crippen molar-refractivity contribution < 1.29 is 10.2 Å². The first-order valence-corrected chi connectivity index (χ1v) is 8.73. The normalized spacial score (nSPS) is 14.8. The maximum atomic E-state index is 9.82. The van der Waals surface area contributed by atoms with Crippen LogP contribution in [0.2, 0.25) is 0 Å². The Morgan fingerprint density at radius 2 is 1.30 bits per heavy atom. The minimum absolute atomic E-state index is 0.555. The van der Waals surface area contributed by atoms with E-state index in [0.717, 1.165) is 32.1 Å². The predicted molar refractivity (Wildman–Crippen MR) is 87.9 cm³/mol. The highest BCUT2D eigenvalue weighted by Gasteiger charge is 2.13. The molecule has 0 spiro atoms. The molecule has 0 heterocycles. The summed E-state index contributed by atoms with van der Waals surface area (Å²) in [5.41, 5.74) is 0. The van der Waals surface area contributed by atoms with E-state index in [9.17, 15) is 10.2 Å². The van der Waals surface area contributed by atoms with Gasteiger partial charge >= 0.3 is 0 Å². The first-order valence-electron chi connectivity index (χ1n) is 8.73. The lowest BCUT2D eigenvalue weighted by atomic mass is 10.0. The van der Waals surface area contributed by atoms with Gasteiger partial charge < -0.3 is 10.2 Å². The maximum Gasteiger partial charge on any atom is 0.0833 e. The molecule has 0 aliphatic rings. The highest BCUT2D eigenvalue weighted by atomic mass is 16.3. The Morgan fingerprint density at radius 3 is 2.00 bits per heavy atom. The van der Waals surface area contributed by atoms with Crippen LogP contribution in [0.4, 0.5) is 0 Å². The van der Waals surface area contributed by atoms with Crippen molar-refractivity contribution in [2.24, 2.45) is 0 Å². The van der Waals surface area contributed by atoms with Gasteiger partial charge in [0.15, 0.2) is 0 Å². The highest BCUT2D eigenvalue weighted by Crippen LogP contribution is 2.11. The molecule has 0 saturated heterocycles. The molecular weight excluding hydrogens is 248 g/mol. The Kier molecular flexibility index (Phi) is 14.8. The number of rotatable bonds is 14. The summed E-state index contributed by atoms with van der Waals surface area (Å²) in [5.74, 6) is 0. The number of hydrogen-bond donors (Lipinski definition) is 2. The van der Waals surface area contributed by atoms with E-state index >= 15 is 0 Å². The summed E-state index contributed by atoms with van der Waals surface area (Å²) in [6.45, 7) is 4.39. The first kappa shape index (κ1) is 19.7. The zero-order valence-corrected chi connectivity index (χ0v) is 13.7. The summed E-state index contributed by atoms with van der Waals surface area (Å²) < 4.78 is 0. The van der Waals surface area contributed by atoms with Crippen LogP contribution in [0, 0.1) is 0 Å². The second kappa shape index (κ2) is 15.1. The molecule has 0 amide bonds. The smallest absolute Gasteiger partial charge is 0.0833 e. The van der Waals surface area contributed by atoms with Crippen molar-refractivity contribution in [3.8, 4) is 0 Å². The van der Waals surface area contributed by atoms with Crippen LogP contribution in [0.25, 0.3) is 0 Å². The number of aliphatic hydroxyl groups is 2. The Bertz CT molecular complexity index is 213. The van der Waals surface area contributed by atoms with Crippen LogP contribution < -0.4 is 0 Å². The minimum atomic E-state index is -0.590. The van der Waals surface area contributed by atoms with E-state index in [4.69, 9.17) is 0 Å². The van der Waals surface area contributed by atoms with Gasteiger partial charge in [0.25, 0.3) is 0 Å². The zero-order chi connectivity index (χ0) is 15.1. The van der Waals surface area contributed by atoms with Crippen LogP contribution in [0.3, 0.4) is 0 Å². The van der Waals surface area contributed by atoms with E-state index in [-0.39, 0.29) is 0 Å². The SMILES string of the molecule is CCCCCCCC/C=C/CC(O)C(O)CCCCC. The summed E-state index contributed by atoms with van der Waals surface area (Å²) in [5, 5.41) is 19.6. The Hall–Kier alpha value is -0.340. The third-order valence-corrected chi connectivity index (χ3v) is 3.82. The van der Waals surface area contributed by atoms with Crippen molar-refractivity contribution in [3.05, 3.63) is 12.2 Å². The monoisotopic (exact) mass is 284 g/mol. The van der Waals surface area contributed by atoms with Crippen molar-refractivity contribution in [1.29, 1.82) is 0 Å². The van der Waals surface area contributed by atoms with Crippen molar-refractivity contribution in [1.82, 2.24) is 0 Å². The lowest BCUT2D eigenvalue weighted by Crippen LogP contribution is -2.25. The van der Waals surface area contributed by atoms with Crippen LogP contribution in [0.5, 0.6) is 0 Å². The fraction of sp³-hybridized carbons (Fsp3) is 0.889. The van der Waals surface area contributed by atoms with E-state index < -0.39 is 12.2 Å². The Labute approximate surface area is 126 Å². The van der Waals surface area contributed by atoms with Crippen LogP contribution >= 0.6 is 0 Å². The summed E-state index contributed by atoms with van der Waals surface area (Å²) in [4.78, 5) is 0. The Balaban J connectivity index is 3.43. The number of allylic oxidation sites excluding steroid dienone is 1. The van der Waals surface area contributed by atoms with Gasteiger partial charge in [0.1, 0.15) is 0 Å². The largest absolute Gasteiger partial charge is 0.390 e. The molecule has 0 aliphatic heterocycles. The van der Waals surface area contributed by atoms with Gasteiger partial charge in [-0.15, -0.1) is 0 Å². The number of hydrogen-bond acceptors (Lipinski definition) is 2. The molecule has 2 unspecified atom stereocenters. The van der Waals surface area contributed by atoms with Gasteiger partial charge in [0.2, 0.25) is 0 Å². The maximum absolute atomic E-state index is 9.82. The second-order valence-corrected chi connectivity index (χ2v) is 5.89. The summed E-state index contributed by atoms with van der Waals surface area (Å²) in [6.07, 6.45) is 16.7. The molecule has 0 bridgehead atoms.